The molecule has 1 aliphatic rings. The summed E-state index contributed by atoms with van der Waals surface area (Å²) in [6.45, 7) is 2.00. The van der Waals surface area contributed by atoms with Gasteiger partial charge in [-0.25, -0.2) is 0 Å². The third-order valence-electron chi connectivity index (χ3n) is 4.58. The molecular formula is C21H25NO4. The summed E-state index contributed by atoms with van der Waals surface area (Å²) >= 11 is 0. The van der Waals surface area contributed by atoms with Crippen LogP contribution in [0.2, 0.25) is 0 Å². The number of methoxy groups -OCH3 is 2. The summed E-state index contributed by atoms with van der Waals surface area (Å²) in [5.41, 5.74) is 1.61. The molecule has 138 valence electrons. The third kappa shape index (κ3) is 4.10. The molecule has 2 aromatic rings. The number of hydrogen-bond acceptors (Lipinski definition) is 4. The average Bonchev–Trinajstić information content (AvgIpc) is 2.72. The van der Waals surface area contributed by atoms with Crippen LogP contribution in [0, 0.1) is 0 Å². The molecule has 0 bridgehead atoms. The molecule has 0 saturated carbocycles. The Morgan fingerprint density at radius 1 is 0.962 bits per heavy atom. The molecule has 0 aliphatic carbocycles. The fraction of sp³-hybridized carbons (Fsp3) is 0.381. The maximum atomic E-state index is 12.8. The van der Waals surface area contributed by atoms with E-state index in [4.69, 9.17) is 14.2 Å². The Morgan fingerprint density at radius 2 is 1.58 bits per heavy atom. The van der Waals surface area contributed by atoms with E-state index in [2.05, 4.69) is 0 Å². The summed E-state index contributed by atoms with van der Waals surface area (Å²) in [6.07, 6.45) is 3.29. The third-order valence-corrected chi connectivity index (χ3v) is 4.58. The van der Waals surface area contributed by atoms with E-state index >= 15 is 0 Å². The van der Waals surface area contributed by atoms with Crippen molar-refractivity contribution in [2.24, 2.45) is 0 Å². The standard InChI is InChI=1S/C21H25NO4/c1-24-18-13-17(21(23)22-11-7-4-8-12-22)14-19(25-2)20(18)26-15-16-9-5-3-6-10-16/h3,5-6,9-10,13-14H,4,7-8,11-12,15H2,1-2H3. The fourth-order valence-corrected chi connectivity index (χ4v) is 3.15. The predicted molar refractivity (Wildman–Crippen MR) is 100 cm³/mol. The number of piperidine rings is 1. The van der Waals surface area contributed by atoms with Crippen molar-refractivity contribution in [3.8, 4) is 17.2 Å². The van der Waals surface area contributed by atoms with E-state index in [1.165, 1.54) is 6.42 Å². The maximum Gasteiger partial charge on any atom is 0.254 e. The van der Waals surface area contributed by atoms with Gasteiger partial charge in [0.25, 0.3) is 5.91 Å². The van der Waals surface area contributed by atoms with Crippen LogP contribution in [-0.4, -0.2) is 38.1 Å². The number of carbonyl (C=O) groups is 1. The molecule has 0 radical (unpaired) electrons. The van der Waals surface area contributed by atoms with Crippen LogP contribution in [0.15, 0.2) is 42.5 Å². The van der Waals surface area contributed by atoms with Crippen molar-refractivity contribution < 1.29 is 19.0 Å². The number of carbonyl (C=O) groups excluding carboxylic acids is 1. The van der Waals surface area contributed by atoms with Crippen molar-refractivity contribution >= 4 is 5.91 Å². The SMILES string of the molecule is COc1cc(C(=O)N2CCCCC2)cc(OC)c1OCc1ccccc1. The van der Waals surface area contributed by atoms with Crippen molar-refractivity contribution in [2.45, 2.75) is 25.9 Å². The van der Waals surface area contributed by atoms with Gasteiger partial charge in [0.05, 0.1) is 14.2 Å². The van der Waals surface area contributed by atoms with E-state index in [1.807, 2.05) is 35.2 Å². The maximum absolute atomic E-state index is 12.8. The summed E-state index contributed by atoms with van der Waals surface area (Å²) in [4.78, 5) is 14.7. The Labute approximate surface area is 154 Å². The number of nitrogens with zero attached hydrogens (tertiary/aromatic N) is 1. The normalized spacial score (nSPS) is 14.0. The van der Waals surface area contributed by atoms with Gasteiger partial charge in [-0.05, 0) is 37.0 Å². The van der Waals surface area contributed by atoms with Crippen molar-refractivity contribution in [2.75, 3.05) is 27.3 Å². The minimum absolute atomic E-state index is 0.0101. The highest BCUT2D eigenvalue weighted by molar-refractivity contribution is 5.95. The van der Waals surface area contributed by atoms with E-state index in [0.29, 0.717) is 29.4 Å². The molecule has 1 aliphatic heterocycles. The Hall–Kier alpha value is -2.69. The fourth-order valence-electron chi connectivity index (χ4n) is 3.15. The van der Waals surface area contributed by atoms with E-state index in [0.717, 1.165) is 31.5 Å². The lowest BCUT2D eigenvalue weighted by molar-refractivity contribution is 0.0723. The number of hydrogen-bond donors (Lipinski definition) is 0. The quantitative estimate of drug-likeness (QED) is 0.788. The minimum Gasteiger partial charge on any atom is -0.493 e. The van der Waals surface area contributed by atoms with Gasteiger partial charge in [0.1, 0.15) is 6.61 Å². The molecule has 0 N–H and O–H groups in total. The summed E-state index contributed by atoms with van der Waals surface area (Å²) in [6, 6.07) is 13.4. The molecule has 1 heterocycles. The zero-order chi connectivity index (χ0) is 18.4. The van der Waals surface area contributed by atoms with E-state index < -0.39 is 0 Å². The molecule has 5 nitrogen and oxygen atoms in total. The molecule has 0 spiro atoms. The zero-order valence-electron chi connectivity index (χ0n) is 15.4. The molecule has 5 heteroatoms. The largest absolute Gasteiger partial charge is 0.493 e. The highest BCUT2D eigenvalue weighted by atomic mass is 16.5. The van der Waals surface area contributed by atoms with Crippen LogP contribution in [0.3, 0.4) is 0 Å². The number of ether oxygens (including phenoxy) is 3. The van der Waals surface area contributed by atoms with Crippen LogP contribution in [0.25, 0.3) is 0 Å². The van der Waals surface area contributed by atoms with Crippen LogP contribution in [0.1, 0.15) is 35.2 Å². The first-order chi connectivity index (χ1) is 12.7. The summed E-state index contributed by atoms with van der Waals surface area (Å²) in [5, 5.41) is 0. The number of benzene rings is 2. The Kier molecular flexibility index (Phi) is 6.00. The van der Waals surface area contributed by atoms with Gasteiger partial charge in [-0.2, -0.15) is 0 Å². The van der Waals surface area contributed by atoms with Crippen LogP contribution in [-0.2, 0) is 6.61 Å². The van der Waals surface area contributed by atoms with E-state index in [1.54, 1.807) is 26.4 Å². The number of likely N-dealkylation sites (tertiary alicyclic amines) is 1. The zero-order valence-corrected chi connectivity index (χ0v) is 15.4. The van der Waals surface area contributed by atoms with E-state index in [9.17, 15) is 4.79 Å². The minimum atomic E-state index is 0.0101. The van der Waals surface area contributed by atoms with Gasteiger partial charge in [0, 0.05) is 18.7 Å². The molecule has 1 fully saturated rings. The lowest BCUT2D eigenvalue weighted by Gasteiger charge is -2.27. The summed E-state index contributed by atoms with van der Waals surface area (Å²) in [7, 11) is 3.14. The molecule has 26 heavy (non-hydrogen) atoms. The highest BCUT2D eigenvalue weighted by Gasteiger charge is 2.22. The molecule has 1 amide bonds. The Morgan fingerprint density at radius 3 is 2.15 bits per heavy atom. The first-order valence-corrected chi connectivity index (χ1v) is 8.95. The van der Waals surface area contributed by atoms with Gasteiger partial charge < -0.3 is 19.1 Å². The molecule has 0 unspecified atom stereocenters. The molecular weight excluding hydrogens is 330 g/mol. The molecule has 3 rings (SSSR count). The molecule has 2 aromatic carbocycles. The van der Waals surface area contributed by atoms with Gasteiger partial charge in [-0.15, -0.1) is 0 Å². The van der Waals surface area contributed by atoms with Gasteiger partial charge in [-0.3, -0.25) is 4.79 Å². The lowest BCUT2D eigenvalue weighted by atomic mass is 10.1. The van der Waals surface area contributed by atoms with Crippen LogP contribution in [0.4, 0.5) is 0 Å². The molecule has 1 saturated heterocycles. The van der Waals surface area contributed by atoms with Crippen LogP contribution in [0.5, 0.6) is 17.2 Å². The smallest absolute Gasteiger partial charge is 0.254 e. The second kappa shape index (κ2) is 8.61. The van der Waals surface area contributed by atoms with Gasteiger partial charge in [0.15, 0.2) is 11.5 Å². The van der Waals surface area contributed by atoms with Crippen molar-refractivity contribution in [1.29, 1.82) is 0 Å². The van der Waals surface area contributed by atoms with E-state index in [-0.39, 0.29) is 5.91 Å². The first kappa shape index (κ1) is 18.1. The molecule has 0 atom stereocenters. The van der Waals surface area contributed by atoms with Crippen LogP contribution < -0.4 is 14.2 Å². The number of amides is 1. The second-order valence-electron chi connectivity index (χ2n) is 6.34. The second-order valence-corrected chi connectivity index (χ2v) is 6.34. The Bertz CT molecular complexity index is 714. The lowest BCUT2D eigenvalue weighted by Crippen LogP contribution is -2.35. The van der Waals surface area contributed by atoms with Crippen LogP contribution >= 0.6 is 0 Å². The van der Waals surface area contributed by atoms with Crippen molar-refractivity contribution in [3.05, 3.63) is 53.6 Å². The Balaban J connectivity index is 1.84. The average molecular weight is 355 g/mol. The van der Waals surface area contributed by atoms with Gasteiger partial charge in [0.2, 0.25) is 5.75 Å². The first-order valence-electron chi connectivity index (χ1n) is 8.95. The van der Waals surface area contributed by atoms with Gasteiger partial charge in [-0.1, -0.05) is 30.3 Å². The van der Waals surface area contributed by atoms with Gasteiger partial charge >= 0.3 is 0 Å². The number of rotatable bonds is 6. The van der Waals surface area contributed by atoms with Crippen molar-refractivity contribution in [1.82, 2.24) is 4.90 Å². The molecule has 0 aromatic heterocycles. The highest BCUT2D eigenvalue weighted by Crippen LogP contribution is 2.39. The van der Waals surface area contributed by atoms with Crippen molar-refractivity contribution in [3.63, 3.8) is 0 Å². The monoisotopic (exact) mass is 355 g/mol. The topological polar surface area (TPSA) is 48.0 Å². The summed E-state index contributed by atoms with van der Waals surface area (Å²) < 4.78 is 16.9. The summed E-state index contributed by atoms with van der Waals surface area (Å²) in [5.74, 6) is 1.52. The predicted octanol–water partition coefficient (Wildman–Crippen LogP) is 3.91.